The van der Waals surface area contributed by atoms with Crippen LogP contribution in [0.15, 0.2) is 48.5 Å². The summed E-state index contributed by atoms with van der Waals surface area (Å²) in [5.74, 6) is 4.98. The third kappa shape index (κ3) is 4.87. The molecule has 180 valence electrons. The minimum atomic E-state index is -0.0781. The minimum absolute atomic E-state index is 0.0781. The van der Waals surface area contributed by atoms with Crippen LogP contribution in [0.25, 0.3) is 6.08 Å². The van der Waals surface area contributed by atoms with E-state index in [4.69, 9.17) is 14.2 Å². The second-order valence-corrected chi connectivity index (χ2v) is 10.4. The van der Waals surface area contributed by atoms with Crippen molar-refractivity contribution in [3.8, 4) is 17.2 Å². The molecule has 0 radical (unpaired) electrons. The molecule has 4 saturated carbocycles. The Morgan fingerprint density at radius 3 is 2.24 bits per heavy atom. The molecule has 4 aliphatic carbocycles. The van der Waals surface area contributed by atoms with E-state index in [0.29, 0.717) is 25.6 Å². The molecule has 0 aromatic heterocycles. The maximum Gasteiger partial charge on any atom is 0.161 e. The van der Waals surface area contributed by atoms with Gasteiger partial charge in [-0.25, -0.2) is 0 Å². The fourth-order valence-electron chi connectivity index (χ4n) is 6.82. The molecule has 0 saturated heterocycles. The fourth-order valence-corrected chi connectivity index (χ4v) is 6.82. The highest BCUT2D eigenvalue weighted by molar-refractivity contribution is 5.98. The quantitative estimate of drug-likeness (QED) is 0.363. The summed E-state index contributed by atoms with van der Waals surface area (Å²) in [6, 6.07) is 13.9. The third-order valence-electron chi connectivity index (χ3n) is 7.86. The lowest BCUT2D eigenvalue weighted by Crippen LogP contribution is -2.49. The number of allylic oxidation sites excluding steroid dienone is 1. The first-order chi connectivity index (χ1) is 16.6. The van der Waals surface area contributed by atoms with E-state index in [-0.39, 0.29) is 5.41 Å². The summed E-state index contributed by atoms with van der Waals surface area (Å²) in [7, 11) is 0. The molecule has 0 spiro atoms. The van der Waals surface area contributed by atoms with E-state index in [0.717, 1.165) is 65.4 Å². The number of carbonyl (C=O) groups is 1. The SMILES string of the molecule is CCOc1ccc(COc2cccc(/C=C/C(=O)C34CC5CC(CC(C5)C3)C4)c2)cc1OCC. The molecule has 4 heteroatoms. The van der Waals surface area contributed by atoms with E-state index in [2.05, 4.69) is 0 Å². The van der Waals surface area contributed by atoms with Crippen LogP contribution in [0.5, 0.6) is 17.2 Å². The number of carbonyl (C=O) groups excluding carboxylic acids is 1. The number of hydrogen-bond acceptors (Lipinski definition) is 4. The molecule has 0 aliphatic heterocycles. The van der Waals surface area contributed by atoms with Gasteiger partial charge in [-0.1, -0.05) is 24.3 Å². The molecule has 4 fully saturated rings. The van der Waals surface area contributed by atoms with Crippen molar-refractivity contribution in [3.63, 3.8) is 0 Å². The van der Waals surface area contributed by atoms with Gasteiger partial charge in [0.1, 0.15) is 12.4 Å². The van der Waals surface area contributed by atoms with Crippen LogP contribution in [-0.2, 0) is 11.4 Å². The Balaban J connectivity index is 1.22. The summed E-state index contributed by atoms with van der Waals surface area (Å²) >= 11 is 0. The van der Waals surface area contributed by atoms with Crippen LogP contribution in [0.2, 0.25) is 0 Å². The number of hydrogen-bond donors (Lipinski definition) is 0. The number of rotatable bonds is 10. The van der Waals surface area contributed by atoms with Crippen molar-refractivity contribution in [3.05, 3.63) is 59.7 Å². The number of ketones is 1. The molecule has 0 atom stereocenters. The van der Waals surface area contributed by atoms with Gasteiger partial charge >= 0.3 is 0 Å². The normalized spacial score (nSPS) is 27.2. The minimum Gasteiger partial charge on any atom is -0.490 e. The summed E-state index contributed by atoms with van der Waals surface area (Å²) in [6.45, 7) is 5.55. The smallest absolute Gasteiger partial charge is 0.161 e. The lowest BCUT2D eigenvalue weighted by Gasteiger charge is -2.55. The molecular weight excluding hydrogens is 424 g/mol. The zero-order valence-electron chi connectivity index (χ0n) is 20.4. The van der Waals surface area contributed by atoms with Gasteiger partial charge in [0.25, 0.3) is 0 Å². The van der Waals surface area contributed by atoms with Crippen molar-refractivity contribution in [2.75, 3.05) is 13.2 Å². The molecule has 2 aromatic carbocycles. The van der Waals surface area contributed by atoms with Crippen LogP contribution >= 0.6 is 0 Å². The third-order valence-corrected chi connectivity index (χ3v) is 7.86. The van der Waals surface area contributed by atoms with E-state index in [1.54, 1.807) is 0 Å². The van der Waals surface area contributed by atoms with Gasteiger partial charge in [-0.15, -0.1) is 0 Å². The Hall–Kier alpha value is -2.75. The summed E-state index contributed by atoms with van der Waals surface area (Å²) in [4.78, 5) is 13.3. The molecule has 2 aromatic rings. The zero-order valence-corrected chi connectivity index (χ0v) is 20.4. The fraction of sp³-hybridized carbons (Fsp3) is 0.500. The number of ether oxygens (including phenoxy) is 3. The standard InChI is InChI=1S/C30H36O4/c1-3-32-27-10-8-22(16-28(27)33-4-2)20-34-26-7-5-6-21(15-26)9-11-29(31)30-17-23-12-24(18-30)14-25(13-23)19-30/h5-11,15-16,23-25H,3-4,12-14,17-20H2,1-2H3/b11-9+. The summed E-state index contributed by atoms with van der Waals surface area (Å²) in [6.07, 6.45) is 11.2. The van der Waals surface area contributed by atoms with E-state index >= 15 is 0 Å². The van der Waals surface area contributed by atoms with E-state index in [9.17, 15) is 4.79 Å². The molecular formula is C30H36O4. The highest BCUT2D eigenvalue weighted by Crippen LogP contribution is 2.60. The van der Waals surface area contributed by atoms with Gasteiger partial charge in [-0.05, 0) is 112 Å². The maximum absolute atomic E-state index is 13.3. The Labute approximate surface area is 203 Å². The molecule has 0 amide bonds. The highest BCUT2D eigenvalue weighted by atomic mass is 16.5. The van der Waals surface area contributed by atoms with E-state index in [1.807, 2.05) is 68.5 Å². The van der Waals surface area contributed by atoms with Crippen molar-refractivity contribution in [2.24, 2.45) is 23.2 Å². The lowest BCUT2D eigenvalue weighted by atomic mass is 9.48. The molecule has 4 nitrogen and oxygen atoms in total. The number of benzene rings is 2. The first-order valence-corrected chi connectivity index (χ1v) is 12.9. The van der Waals surface area contributed by atoms with Gasteiger partial charge in [-0.3, -0.25) is 4.79 Å². The molecule has 0 heterocycles. The van der Waals surface area contributed by atoms with Crippen molar-refractivity contribution in [1.29, 1.82) is 0 Å². The first-order valence-electron chi connectivity index (χ1n) is 12.9. The monoisotopic (exact) mass is 460 g/mol. The second-order valence-electron chi connectivity index (χ2n) is 10.4. The summed E-state index contributed by atoms with van der Waals surface area (Å²) < 4.78 is 17.4. The Morgan fingerprint density at radius 1 is 0.882 bits per heavy atom. The molecule has 0 unspecified atom stereocenters. The molecule has 6 rings (SSSR count). The van der Waals surface area contributed by atoms with Crippen LogP contribution < -0.4 is 14.2 Å². The largest absolute Gasteiger partial charge is 0.490 e. The highest BCUT2D eigenvalue weighted by Gasteiger charge is 2.53. The Kier molecular flexibility index (Phi) is 6.67. The van der Waals surface area contributed by atoms with Crippen molar-refractivity contribution in [2.45, 2.75) is 59.0 Å². The van der Waals surface area contributed by atoms with Gasteiger partial charge in [-0.2, -0.15) is 0 Å². The van der Waals surface area contributed by atoms with E-state index < -0.39 is 0 Å². The van der Waals surface area contributed by atoms with Crippen LogP contribution in [0, 0.1) is 23.2 Å². The first kappa shape index (κ1) is 23.0. The Morgan fingerprint density at radius 2 is 1.56 bits per heavy atom. The molecule has 4 bridgehead atoms. The van der Waals surface area contributed by atoms with Crippen molar-refractivity contribution in [1.82, 2.24) is 0 Å². The Bertz CT molecular complexity index is 1020. The van der Waals surface area contributed by atoms with Crippen molar-refractivity contribution < 1.29 is 19.0 Å². The van der Waals surface area contributed by atoms with Gasteiger partial charge in [0.15, 0.2) is 17.3 Å². The van der Waals surface area contributed by atoms with Gasteiger partial charge in [0, 0.05) is 5.41 Å². The van der Waals surface area contributed by atoms with Crippen LogP contribution in [-0.4, -0.2) is 19.0 Å². The van der Waals surface area contributed by atoms with Crippen molar-refractivity contribution >= 4 is 11.9 Å². The van der Waals surface area contributed by atoms with Gasteiger partial charge in [0.05, 0.1) is 13.2 Å². The molecule has 34 heavy (non-hydrogen) atoms. The maximum atomic E-state index is 13.3. The average molecular weight is 461 g/mol. The zero-order chi connectivity index (χ0) is 23.5. The lowest BCUT2D eigenvalue weighted by molar-refractivity contribution is -0.138. The summed E-state index contributed by atoms with van der Waals surface area (Å²) in [5.41, 5.74) is 1.94. The van der Waals surface area contributed by atoms with Crippen LogP contribution in [0.4, 0.5) is 0 Å². The van der Waals surface area contributed by atoms with Crippen LogP contribution in [0.1, 0.15) is 63.5 Å². The van der Waals surface area contributed by atoms with Gasteiger partial charge in [0.2, 0.25) is 0 Å². The summed E-state index contributed by atoms with van der Waals surface area (Å²) in [5, 5.41) is 0. The second kappa shape index (κ2) is 9.85. The molecule has 0 N–H and O–H groups in total. The predicted molar refractivity (Wildman–Crippen MR) is 134 cm³/mol. The molecule has 4 aliphatic rings. The average Bonchev–Trinajstić information content (AvgIpc) is 2.82. The van der Waals surface area contributed by atoms with E-state index in [1.165, 1.54) is 19.3 Å². The topological polar surface area (TPSA) is 44.8 Å². The van der Waals surface area contributed by atoms with Crippen LogP contribution in [0.3, 0.4) is 0 Å². The van der Waals surface area contributed by atoms with Gasteiger partial charge < -0.3 is 14.2 Å². The predicted octanol–water partition coefficient (Wildman–Crippen LogP) is 6.86.